The van der Waals surface area contributed by atoms with Crippen molar-refractivity contribution in [1.82, 2.24) is 5.32 Å². The molecule has 1 aliphatic heterocycles. The zero-order valence-electron chi connectivity index (χ0n) is 9.78. The Kier molecular flexibility index (Phi) is 3.65. The van der Waals surface area contributed by atoms with E-state index < -0.39 is 0 Å². The van der Waals surface area contributed by atoms with E-state index in [1.165, 1.54) is 19.3 Å². The number of aliphatic hydroxyl groups is 1. The summed E-state index contributed by atoms with van der Waals surface area (Å²) in [5, 5.41) is 13.2. The fourth-order valence-electron chi connectivity index (χ4n) is 2.70. The van der Waals surface area contributed by atoms with Gasteiger partial charge >= 0.3 is 0 Å². The maximum absolute atomic E-state index is 9.65. The first-order valence-corrected chi connectivity index (χ1v) is 6.18. The molecule has 2 N–H and O–H groups in total. The lowest BCUT2D eigenvalue weighted by Gasteiger charge is -2.34. The summed E-state index contributed by atoms with van der Waals surface area (Å²) in [6.07, 6.45) is 3.49. The minimum atomic E-state index is -0.306. The highest BCUT2D eigenvalue weighted by atomic mass is 16.5. The lowest BCUT2D eigenvalue weighted by Crippen LogP contribution is -2.47. The minimum Gasteiger partial charge on any atom is -0.389 e. The zero-order chi connectivity index (χ0) is 10.8. The molecule has 0 bridgehead atoms. The fourth-order valence-corrected chi connectivity index (χ4v) is 2.70. The number of aliphatic hydroxyl groups excluding tert-OH is 1. The third-order valence-electron chi connectivity index (χ3n) is 4.10. The van der Waals surface area contributed by atoms with Crippen LogP contribution in [0.3, 0.4) is 0 Å². The van der Waals surface area contributed by atoms with Gasteiger partial charge in [-0.05, 0) is 31.1 Å². The van der Waals surface area contributed by atoms with E-state index in [2.05, 4.69) is 19.2 Å². The Balaban J connectivity index is 1.80. The van der Waals surface area contributed by atoms with Crippen LogP contribution in [0.2, 0.25) is 0 Å². The van der Waals surface area contributed by atoms with Crippen molar-refractivity contribution in [2.75, 3.05) is 13.2 Å². The van der Waals surface area contributed by atoms with Gasteiger partial charge < -0.3 is 15.2 Å². The van der Waals surface area contributed by atoms with Crippen molar-refractivity contribution < 1.29 is 9.84 Å². The molecule has 1 saturated heterocycles. The molecule has 0 aromatic heterocycles. The predicted octanol–water partition coefficient (Wildman–Crippen LogP) is 1.16. The van der Waals surface area contributed by atoms with Gasteiger partial charge in [-0.2, -0.15) is 0 Å². The van der Waals surface area contributed by atoms with Crippen LogP contribution in [0.25, 0.3) is 0 Å². The summed E-state index contributed by atoms with van der Waals surface area (Å²) in [6, 6.07) is 0.744. The molecule has 3 nitrogen and oxygen atoms in total. The van der Waals surface area contributed by atoms with Crippen LogP contribution < -0.4 is 5.32 Å². The molecule has 0 amide bonds. The molecule has 3 heteroatoms. The Morgan fingerprint density at radius 1 is 1.13 bits per heavy atom. The van der Waals surface area contributed by atoms with Gasteiger partial charge in [0.15, 0.2) is 0 Å². The average molecular weight is 213 g/mol. The van der Waals surface area contributed by atoms with Crippen LogP contribution in [0.4, 0.5) is 0 Å². The summed E-state index contributed by atoms with van der Waals surface area (Å²) in [5.74, 6) is 1.66. The molecule has 0 spiro atoms. The average Bonchev–Trinajstić information content (AvgIpc) is 2.59. The zero-order valence-corrected chi connectivity index (χ0v) is 9.78. The summed E-state index contributed by atoms with van der Waals surface area (Å²) in [7, 11) is 0. The van der Waals surface area contributed by atoms with Gasteiger partial charge in [-0.1, -0.05) is 13.8 Å². The quantitative estimate of drug-likeness (QED) is 0.723. The monoisotopic (exact) mass is 213 g/mol. The molecule has 5 unspecified atom stereocenters. The van der Waals surface area contributed by atoms with E-state index in [1.807, 2.05) is 0 Å². The summed E-state index contributed by atoms with van der Waals surface area (Å²) in [5.41, 5.74) is 0. The second-order valence-corrected chi connectivity index (χ2v) is 5.34. The summed E-state index contributed by atoms with van der Waals surface area (Å²) >= 11 is 0. The van der Waals surface area contributed by atoms with Crippen molar-refractivity contribution in [1.29, 1.82) is 0 Å². The SMILES string of the molecule is CC1CCC(NC2COCC2O)CC1C. The lowest BCUT2D eigenvalue weighted by atomic mass is 9.79. The van der Waals surface area contributed by atoms with Crippen molar-refractivity contribution >= 4 is 0 Å². The maximum atomic E-state index is 9.65. The molecule has 1 heterocycles. The minimum absolute atomic E-state index is 0.163. The molecule has 5 atom stereocenters. The standard InChI is InChI=1S/C12H23NO2/c1-8-3-4-10(5-9(8)2)13-11-6-15-7-12(11)14/h8-14H,3-7H2,1-2H3. The van der Waals surface area contributed by atoms with E-state index in [0.717, 1.165) is 11.8 Å². The molecule has 2 aliphatic rings. The predicted molar refractivity (Wildman–Crippen MR) is 59.7 cm³/mol. The van der Waals surface area contributed by atoms with E-state index in [9.17, 15) is 5.11 Å². The smallest absolute Gasteiger partial charge is 0.0948 e. The molecule has 2 rings (SSSR count). The summed E-state index contributed by atoms with van der Waals surface area (Å²) < 4.78 is 5.25. The molecule has 2 fully saturated rings. The molecule has 0 aromatic rings. The number of hydrogen-bond donors (Lipinski definition) is 2. The van der Waals surface area contributed by atoms with Crippen molar-refractivity contribution in [3.05, 3.63) is 0 Å². The van der Waals surface area contributed by atoms with E-state index in [4.69, 9.17) is 4.74 Å². The Bertz CT molecular complexity index is 210. The van der Waals surface area contributed by atoms with Gasteiger partial charge in [0.2, 0.25) is 0 Å². The van der Waals surface area contributed by atoms with Gasteiger partial charge in [-0.3, -0.25) is 0 Å². The summed E-state index contributed by atoms with van der Waals surface area (Å²) in [4.78, 5) is 0. The topological polar surface area (TPSA) is 41.5 Å². The molecular weight excluding hydrogens is 190 g/mol. The number of nitrogens with one attached hydrogen (secondary N) is 1. The highest BCUT2D eigenvalue weighted by molar-refractivity contribution is 4.87. The van der Waals surface area contributed by atoms with Crippen LogP contribution in [0.1, 0.15) is 33.1 Å². The van der Waals surface area contributed by atoms with E-state index >= 15 is 0 Å². The number of ether oxygens (including phenoxy) is 1. The highest BCUT2D eigenvalue weighted by Crippen LogP contribution is 2.29. The molecular formula is C12H23NO2. The van der Waals surface area contributed by atoms with Crippen LogP contribution in [-0.4, -0.2) is 36.5 Å². The van der Waals surface area contributed by atoms with Gasteiger partial charge in [0.1, 0.15) is 0 Å². The molecule has 15 heavy (non-hydrogen) atoms. The van der Waals surface area contributed by atoms with Gasteiger partial charge in [-0.25, -0.2) is 0 Å². The lowest BCUT2D eigenvalue weighted by molar-refractivity contribution is 0.118. The normalized spacial score (nSPS) is 47.0. The number of rotatable bonds is 2. The largest absolute Gasteiger partial charge is 0.389 e. The molecule has 0 aromatic carbocycles. The van der Waals surface area contributed by atoms with Gasteiger partial charge in [0.25, 0.3) is 0 Å². The summed E-state index contributed by atoms with van der Waals surface area (Å²) in [6.45, 7) is 5.84. The highest BCUT2D eigenvalue weighted by Gasteiger charge is 2.31. The molecule has 1 saturated carbocycles. The molecule has 0 radical (unpaired) electrons. The van der Waals surface area contributed by atoms with Crippen LogP contribution in [-0.2, 0) is 4.74 Å². The first-order chi connectivity index (χ1) is 7.16. The van der Waals surface area contributed by atoms with Gasteiger partial charge in [0.05, 0.1) is 25.4 Å². The van der Waals surface area contributed by atoms with Crippen LogP contribution in [0, 0.1) is 11.8 Å². The van der Waals surface area contributed by atoms with Crippen LogP contribution in [0.5, 0.6) is 0 Å². The molecule has 1 aliphatic carbocycles. The van der Waals surface area contributed by atoms with Gasteiger partial charge in [0, 0.05) is 6.04 Å². The Labute approximate surface area is 92.2 Å². The van der Waals surface area contributed by atoms with Gasteiger partial charge in [-0.15, -0.1) is 0 Å². The Morgan fingerprint density at radius 3 is 2.53 bits per heavy atom. The second kappa shape index (κ2) is 4.81. The molecule has 88 valence electrons. The Hall–Kier alpha value is -0.120. The van der Waals surface area contributed by atoms with Crippen molar-refractivity contribution in [2.45, 2.75) is 51.3 Å². The van der Waals surface area contributed by atoms with E-state index in [-0.39, 0.29) is 12.1 Å². The third kappa shape index (κ3) is 2.71. The maximum Gasteiger partial charge on any atom is 0.0948 e. The first-order valence-electron chi connectivity index (χ1n) is 6.18. The van der Waals surface area contributed by atoms with Crippen molar-refractivity contribution in [2.24, 2.45) is 11.8 Å². The first kappa shape index (κ1) is 11.4. The van der Waals surface area contributed by atoms with Crippen molar-refractivity contribution in [3.8, 4) is 0 Å². The second-order valence-electron chi connectivity index (χ2n) is 5.34. The van der Waals surface area contributed by atoms with E-state index in [1.54, 1.807) is 0 Å². The van der Waals surface area contributed by atoms with Crippen molar-refractivity contribution in [3.63, 3.8) is 0 Å². The Morgan fingerprint density at radius 2 is 1.93 bits per heavy atom. The van der Waals surface area contributed by atoms with E-state index in [0.29, 0.717) is 19.3 Å². The van der Waals surface area contributed by atoms with Crippen LogP contribution in [0.15, 0.2) is 0 Å². The fraction of sp³-hybridized carbons (Fsp3) is 1.00. The third-order valence-corrected chi connectivity index (χ3v) is 4.10. The number of hydrogen-bond acceptors (Lipinski definition) is 3. The van der Waals surface area contributed by atoms with Crippen LogP contribution >= 0.6 is 0 Å².